The van der Waals surface area contributed by atoms with E-state index in [1.165, 1.54) is 6.07 Å². The number of hydrogen-bond acceptors (Lipinski definition) is 2. The first-order valence-corrected chi connectivity index (χ1v) is 6.57. The highest BCUT2D eigenvalue weighted by atomic mass is 19.1. The van der Waals surface area contributed by atoms with Gasteiger partial charge in [-0.15, -0.1) is 0 Å². The van der Waals surface area contributed by atoms with Gasteiger partial charge in [0.25, 0.3) is 0 Å². The molecule has 0 amide bonds. The Morgan fingerprint density at radius 3 is 2.75 bits per heavy atom. The summed E-state index contributed by atoms with van der Waals surface area (Å²) in [6.07, 6.45) is 1.78. The molecule has 3 aromatic rings. The second-order valence-electron chi connectivity index (χ2n) is 4.71. The van der Waals surface area contributed by atoms with Crippen LogP contribution in [0, 0.1) is 5.82 Å². The third-order valence-electron chi connectivity index (χ3n) is 3.36. The molecule has 0 aliphatic carbocycles. The molecule has 2 aromatic carbocycles. The molecule has 0 bridgehead atoms. The van der Waals surface area contributed by atoms with Gasteiger partial charge < -0.3 is 5.32 Å². The lowest BCUT2D eigenvalue weighted by atomic mass is 9.97. The molecule has 0 aliphatic heterocycles. The summed E-state index contributed by atoms with van der Waals surface area (Å²) in [5.41, 5.74) is 3.93. The third-order valence-corrected chi connectivity index (χ3v) is 3.36. The lowest BCUT2D eigenvalue weighted by Gasteiger charge is -2.11. The van der Waals surface area contributed by atoms with Crippen molar-refractivity contribution in [2.45, 2.75) is 6.54 Å². The molecule has 100 valence electrons. The van der Waals surface area contributed by atoms with Crippen molar-refractivity contribution in [3.05, 3.63) is 66.1 Å². The Balaban J connectivity index is 2.25. The summed E-state index contributed by atoms with van der Waals surface area (Å²) >= 11 is 0. The Bertz CT molecular complexity index is 748. The van der Waals surface area contributed by atoms with Crippen molar-refractivity contribution >= 4 is 10.9 Å². The number of halogens is 1. The van der Waals surface area contributed by atoms with Gasteiger partial charge in [0.05, 0.1) is 5.52 Å². The third kappa shape index (κ3) is 2.28. The van der Waals surface area contributed by atoms with E-state index in [4.69, 9.17) is 0 Å². The molecule has 20 heavy (non-hydrogen) atoms. The molecule has 0 radical (unpaired) electrons. The van der Waals surface area contributed by atoms with E-state index >= 15 is 0 Å². The highest BCUT2D eigenvalue weighted by Gasteiger charge is 2.10. The van der Waals surface area contributed by atoms with Crippen molar-refractivity contribution in [2.24, 2.45) is 0 Å². The summed E-state index contributed by atoms with van der Waals surface area (Å²) in [4.78, 5) is 4.47. The molecule has 0 aliphatic rings. The van der Waals surface area contributed by atoms with Gasteiger partial charge in [0.2, 0.25) is 0 Å². The van der Waals surface area contributed by atoms with Crippen molar-refractivity contribution in [1.29, 1.82) is 0 Å². The zero-order valence-electron chi connectivity index (χ0n) is 11.2. The maximum Gasteiger partial charge on any atom is 0.123 e. The number of pyridine rings is 1. The van der Waals surface area contributed by atoms with Crippen LogP contribution in [0.1, 0.15) is 5.56 Å². The van der Waals surface area contributed by atoms with Gasteiger partial charge in [-0.25, -0.2) is 4.39 Å². The molecule has 0 saturated heterocycles. The van der Waals surface area contributed by atoms with Crippen LogP contribution in [0.25, 0.3) is 22.0 Å². The summed E-state index contributed by atoms with van der Waals surface area (Å²) < 4.78 is 13.5. The van der Waals surface area contributed by atoms with Gasteiger partial charge in [-0.05, 0) is 36.4 Å². The minimum Gasteiger partial charge on any atom is -0.316 e. The van der Waals surface area contributed by atoms with Crippen LogP contribution in [-0.2, 0) is 6.54 Å². The predicted molar refractivity (Wildman–Crippen MR) is 79.9 cm³/mol. The van der Waals surface area contributed by atoms with Gasteiger partial charge >= 0.3 is 0 Å². The number of benzene rings is 2. The molecular formula is C17H15FN2. The van der Waals surface area contributed by atoms with Crippen LogP contribution in [0.5, 0.6) is 0 Å². The molecular weight excluding hydrogens is 251 g/mol. The fraction of sp³-hybridized carbons (Fsp3) is 0.118. The SMILES string of the molecule is CNCc1cc(F)ccc1-c1cccc2cccnc12. The summed E-state index contributed by atoms with van der Waals surface area (Å²) in [6, 6.07) is 14.9. The van der Waals surface area contributed by atoms with E-state index in [0.717, 1.165) is 27.6 Å². The van der Waals surface area contributed by atoms with Crippen LogP contribution in [0.3, 0.4) is 0 Å². The Hall–Kier alpha value is -2.26. The van der Waals surface area contributed by atoms with E-state index in [0.29, 0.717) is 6.54 Å². The van der Waals surface area contributed by atoms with E-state index < -0.39 is 0 Å². The largest absolute Gasteiger partial charge is 0.316 e. The highest BCUT2D eigenvalue weighted by molar-refractivity contribution is 5.94. The molecule has 1 heterocycles. The number of nitrogens with one attached hydrogen (secondary N) is 1. The van der Waals surface area contributed by atoms with Crippen LogP contribution in [0.15, 0.2) is 54.7 Å². The zero-order valence-corrected chi connectivity index (χ0v) is 11.2. The van der Waals surface area contributed by atoms with E-state index in [-0.39, 0.29) is 5.82 Å². The van der Waals surface area contributed by atoms with Crippen LogP contribution < -0.4 is 5.32 Å². The number of rotatable bonds is 3. The second kappa shape index (κ2) is 5.39. The van der Waals surface area contributed by atoms with Gasteiger partial charge in [0.15, 0.2) is 0 Å². The van der Waals surface area contributed by atoms with Crippen molar-refractivity contribution in [3.63, 3.8) is 0 Å². The van der Waals surface area contributed by atoms with E-state index in [1.807, 2.05) is 43.4 Å². The average Bonchev–Trinajstić information content (AvgIpc) is 2.47. The van der Waals surface area contributed by atoms with Crippen molar-refractivity contribution < 1.29 is 4.39 Å². The van der Waals surface area contributed by atoms with Crippen LogP contribution in [-0.4, -0.2) is 12.0 Å². The molecule has 0 unspecified atom stereocenters. The van der Waals surface area contributed by atoms with Crippen LogP contribution in [0.2, 0.25) is 0 Å². The first kappa shape index (κ1) is 12.8. The molecule has 0 spiro atoms. The van der Waals surface area contributed by atoms with Gasteiger partial charge in [-0.2, -0.15) is 0 Å². The van der Waals surface area contributed by atoms with E-state index in [2.05, 4.69) is 10.3 Å². The van der Waals surface area contributed by atoms with Crippen LogP contribution in [0.4, 0.5) is 4.39 Å². The molecule has 2 nitrogen and oxygen atoms in total. The maximum absolute atomic E-state index is 13.5. The first-order valence-electron chi connectivity index (χ1n) is 6.57. The zero-order chi connectivity index (χ0) is 13.9. The number of fused-ring (bicyclic) bond motifs is 1. The Morgan fingerprint density at radius 2 is 1.90 bits per heavy atom. The summed E-state index contributed by atoms with van der Waals surface area (Å²) in [7, 11) is 1.86. The Morgan fingerprint density at radius 1 is 1.05 bits per heavy atom. The lowest BCUT2D eigenvalue weighted by molar-refractivity contribution is 0.624. The molecule has 3 heteroatoms. The first-order chi connectivity index (χ1) is 9.79. The lowest BCUT2D eigenvalue weighted by Crippen LogP contribution is -2.07. The normalized spacial score (nSPS) is 10.9. The predicted octanol–water partition coefficient (Wildman–Crippen LogP) is 3.76. The molecule has 3 rings (SSSR count). The fourth-order valence-corrected chi connectivity index (χ4v) is 2.48. The van der Waals surface area contributed by atoms with E-state index in [9.17, 15) is 4.39 Å². The van der Waals surface area contributed by atoms with Crippen LogP contribution >= 0.6 is 0 Å². The number of hydrogen-bond donors (Lipinski definition) is 1. The molecule has 0 atom stereocenters. The van der Waals surface area contributed by atoms with Crippen molar-refractivity contribution in [1.82, 2.24) is 10.3 Å². The fourth-order valence-electron chi connectivity index (χ4n) is 2.48. The Labute approximate surface area is 117 Å². The molecule has 1 aromatic heterocycles. The second-order valence-corrected chi connectivity index (χ2v) is 4.71. The smallest absolute Gasteiger partial charge is 0.123 e. The standard InChI is InChI=1S/C17H15FN2/c1-19-11-13-10-14(18)7-8-15(13)16-6-2-4-12-5-3-9-20-17(12)16/h2-10,19H,11H2,1H3. The van der Waals surface area contributed by atoms with Crippen molar-refractivity contribution in [3.8, 4) is 11.1 Å². The maximum atomic E-state index is 13.5. The van der Waals surface area contributed by atoms with Crippen molar-refractivity contribution in [2.75, 3.05) is 7.05 Å². The highest BCUT2D eigenvalue weighted by Crippen LogP contribution is 2.30. The monoisotopic (exact) mass is 266 g/mol. The summed E-state index contributed by atoms with van der Waals surface area (Å²) in [6.45, 7) is 0.621. The molecule has 0 fully saturated rings. The average molecular weight is 266 g/mol. The molecule has 0 saturated carbocycles. The minimum absolute atomic E-state index is 0.216. The minimum atomic E-state index is -0.216. The molecule has 1 N–H and O–H groups in total. The number of para-hydroxylation sites is 1. The van der Waals surface area contributed by atoms with E-state index in [1.54, 1.807) is 12.3 Å². The van der Waals surface area contributed by atoms with Gasteiger partial charge in [-0.3, -0.25) is 4.98 Å². The quantitative estimate of drug-likeness (QED) is 0.780. The summed E-state index contributed by atoms with van der Waals surface area (Å²) in [5.74, 6) is -0.216. The number of aromatic nitrogens is 1. The Kier molecular flexibility index (Phi) is 3.44. The van der Waals surface area contributed by atoms with Gasteiger partial charge in [-0.1, -0.05) is 30.3 Å². The van der Waals surface area contributed by atoms with Gasteiger partial charge in [0, 0.05) is 23.7 Å². The van der Waals surface area contributed by atoms with Gasteiger partial charge in [0.1, 0.15) is 5.82 Å². The summed E-state index contributed by atoms with van der Waals surface area (Å²) in [5, 5.41) is 4.17. The topological polar surface area (TPSA) is 24.9 Å². The number of nitrogens with zero attached hydrogens (tertiary/aromatic N) is 1.